The maximum Gasteiger partial charge on any atom is 0.262 e. The first-order valence-electron chi connectivity index (χ1n) is 11.6. The summed E-state index contributed by atoms with van der Waals surface area (Å²) >= 11 is 0. The summed E-state index contributed by atoms with van der Waals surface area (Å²) in [6.07, 6.45) is 8.27. The van der Waals surface area contributed by atoms with E-state index in [0.717, 1.165) is 24.2 Å². The smallest absolute Gasteiger partial charge is 0.262 e. The minimum Gasteiger partial charge on any atom is -0.381 e. The summed E-state index contributed by atoms with van der Waals surface area (Å²) in [6, 6.07) is 9.48. The molecule has 4 rings (SSSR count). The molecule has 1 aliphatic heterocycles. The van der Waals surface area contributed by atoms with E-state index in [2.05, 4.69) is 20.9 Å². The second-order valence-corrected chi connectivity index (χ2v) is 10.8. The maximum absolute atomic E-state index is 13.6. The van der Waals surface area contributed by atoms with Gasteiger partial charge in [0.05, 0.1) is 36.5 Å². The van der Waals surface area contributed by atoms with Gasteiger partial charge in [-0.2, -0.15) is 9.57 Å². The van der Waals surface area contributed by atoms with Crippen LogP contribution in [0, 0.1) is 17.2 Å². The summed E-state index contributed by atoms with van der Waals surface area (Å²) in [5, 5.41) is 9.24. The first-order chi connectivity index (χ1) is 16.9. The van der Waals surface area contributed by atoms with Crippen molar-refractivity contribution in [1.82, 2.24) is 23.4 Å². The average Bonchev–Trinajstić information content (AvgIpc) is 3.49. The SMILES string of the molecule is Cn1cnc(S(=O)(=O)N(CCN(Cc2cncn2C)c2ccc(C#N)cc2)CC2CCOCC2)c1. The van der Waals surface area contributed by atoms with E-state index < -0.39 is 10.0 Å². The fourth-order valence-electron chi connectivity index (χ4n) is 4.19. The monoisotopic (exact) mass is 497 g/mol. The molecule has 3 aromatic rings. The van der Waals surface area contributed by atoms with E-state index in [1.54, 1.807) is 46.8 Å². The van der Waals surface area contributed by atoms with Gasteiger partial charge in [0.1, 0.15) is 0 Å². The molecule has 0 saturated carbocycles. The lowest BCUT2D eigenvalue weighted by Crippen LogP contribution is -2.42. The minimum absolute atomic E-state index is 0.0589. The predicted octanol–water partition coefficient (Wildman–Crippen LogP) is 2.15. The van der Waals surface area contributed by atoms with Crippen molar-refractivity contribution in [2.75, 3.05) is 37.7 Å². The number of aromatic nitrogens is 4. The van der Waals surface area contributed by atoms with Crippen molar-refractivity contribution in [3.63, 3.8) is 0 Å². The highest BCUT2D eigenvalue weighted by atomic mass is 32.2. The highest BCUT2D eigenvalue weighted by Gasteiger charge is 2.30. The number of benzene rings is 1. The van der Waals surface area contributed by atoms with E-state index in [1.807, 2.05) is 23.7 Å². The number of imidazole rings is 2. The molecule has 0 amide bonds. The fourth-order valence-corrected chi connectivity index (χ4v) is 5.67. The van der Waals surface area contributed by atoms with Crippen molar-refractivity contribution in [3.8, 4) is 6.07 Å². The molecule has 0 aliphatic carbocycles. The van der Waals surface area contributed by atoms with Gasteiger partial charge in [0.25, 0.3) is 10.0 Å². The minimum atomic E-state index is -3.77. The van der Waals surface area contributed by atoms with Gasteiger partial charge in [-0.15, -0.1) is 0 Å². The molecule has 0 unspecified atom stereocenters. The number of ether oxygens (including phenoxy) is 1. The molecule has 0 radical (unpaired) electrons. The number of sulfonamides is 1. The quantitative estimate of drug-likeness (QED) is 0.422. The van der Waals surface area contributed by atoms with Crippen molar-refractivity contribution in [1.29, 1.82) is 5.26 Å². The van der Waals surface area contributed by atoms with Crippen LogP contribution in [-0.4, -0.2) is 64.7 Å². The normalized spacial score (nSPS) is 14.8. The Labute approximate surface area is 206 Å². The molecule has 186 valence electrons. The molecular weight excluding hydrogens is 466 g/mol. The van der Waals surface area contributed by atoms with E-state index in [0.29, 0.717) is 45.0 Å². The van der Waals surface area contributed by atoms with Gasteiger partial charge in [0, 0.05) is 65.0 Å². The van der Waals surface area contributed by atoms with Crippen LogP contribution in [0.3, 0.4) is 0 Å². The molecular formula is C24H31N7O3S. The van der Waals surface area contributed by atoms with Crippen LogP contribution in [0.15, 0.2) is 54.3 Å². The summed E-state index contributed by atoms with van der Waals surface area (Å²) in [5.41, 5.74) is 2.48. The highest BCUT2D eigenvalue weighted by Crippen LogP contribution is 2.23. The van der Waals surface area contributed by atoms with Crippen LogP contribution in [0.1, 0.15) is 24.1 Å². The number of rotatable bonds is 10. The van der Waals surface area contributed by atoms with Crippen LogP contribution in [0.2, 0.25) is 0 Å². The Bertz CT molecular complexity index is 1250. The van der Waals surface area contributed by atoms with Gasteiger partial charge in [-0.05, 0) is 43.0 Å². The zero-order valence-electron chi connectivity index (χ0n) is 20.1. The van der Waals surface area contributed by atoms with Crippen molar-refractivity contribution in [2.45, 2.75) is 24.4 Å². The Balaban J connectivity index is 1.59. The summed E-state index contributed by atoms with van der Waals surface area (Å²) in [4.78, 5) is 10.5. The van der Waals surface area contributed by atoms with Crippen LogP contribution >= 0.6 is 0 Å². The molecule has 10 nitrogen and oxygen atoms in total. The van der Waals surface area contributed by atoms with Crippen LogP contribution in [0.5, 0.6) is 0 Å². The van der Waals surface area contributed by atoms with E-state index in [9.17, 15) is 13.7 Å². The van der Waals surface area contributed by atoms with Gasteiger partial charge in [-0.25, -0.2) is 18.4 Å². The molecule has 0 atom stereocenters. The van der Waals surface area contributed by atoms with E-state index in [4.69, 9.17) is 4.74 Å². The molecule has 11 heteroatoms. The van der Waals surface area contributed by atoms with Crippen LogP contribution in [0.25, 0.3) is 0 Å². The molecule has 2 aromatic heterocycles. The van der Waals surface area contributed by atoms with Crippen molar-refractivity contribution >= 4 is 15.7 Å². The Morgan fingerprint density at radius 1 is 1.14 bits per heavy atom. The molecule has 3 heterocycles. The first kappa shape index (κ1) is 24.9. The van der Waals surface area contributed by atoms with E-state index in [1.165, 1.54) is 6.33 Å². The third kappa shape index (κ3) is 6.08. The number of aryl methyl sites for hydroxylation is 2. The van der Waals surface area contributed by atoms with Gasteiger partial charge in [-0.3, -0.25) is 0 Å². The van der Waals surface area contributed by atoms with Gasteiger partial charge in [0.15, 0.2) is 5.03 Å². The van der Waals surface area contributed by atoms with Gasteiger partial charge < -0.3 is 18.8 Å². The summed E-state index contributed by atoms with van der Waals surface area (Å²) in [7, 11) is -0.0729. The largest absolute Gasteiger partial charge is 0.381 e. The summed E-state index contributed by atoms with van der Waals surface area (Å²) in [5.74, 6) is 0.239. The molecule has 0 spiro atoms. The van der Waals surface area contributed by atoms with Crippen molar-refractivity contribution < 1.29 is 13.2 Å². The highest BCUT2D eigenvalue weighted by molar-refractivity contribution is 7.89. The number of nitrogens with zero attached hydrogens (tertiary/aromatic N) is 7. The average molecular weight is 498 g/mol. The number of anilines is 1. The second-order valence-electron chi connectivity index (χ2n) is 8.87. The zero-order valence-corrected chi connectivity index (χ0v) is 20.9. The topological polar surface area (TPSA) is 109 Å². The lowest BCUT2D eigenvalue weighted by atomic mass is 10.0. The first-order valence-corrected chi connectivity index (χ1v) is 13.1. The van der Waals surface area contributed by atoms with E-state index >= 15 is 0 Å². The third-order valence-corrected chi connectivity index (χ3v) is 8.09. The van der Waals surface area contributed by atoms with Gasteiger partial charge in [-0.1, -0.05) is 0 Å². The Hall–Kier alpha value is -3.20. The molecule has 1 aliphatic rings. The molecule has 1 aromatic carbocycles. The summed E-state index contributed by atoms with van der Waals surface area (Å²) in [6.45, 7) is 3.05. The van der Waals surface area contributed by atoms with E-state index in [-0.39, 0.29) is 10.9 Å². The van der Waals surface area contributed by atoms with Crippen LogP contribution < -0.4 is 4.90 Å². The number of nitriles is 1. The Kier molecular flexibility index (Phi) is 7.85. The zero-order chi connectivity index (χ0) is 24.8. The third-order valence-electron chi connectivity index (χ3n) is 6.34. The Morgan fingerprint density at radius 2 is 1.89 bits per heavy atom. The number of hydrogen-bond acceptors (Lipinski definition) is 7. The van der Waals surface area contributed by atoms with Gasteiger partial charge >= 0.3 is 0 Å². The summed E-state index contributed by atoms with van der Waals surface area (Å²) < 4.78 is 37.8. The van der Waals surface area contributed by atoms with Crippen LogP contribution in [-0.2, 0) is 35.4 Å². The van der Waals surface area contributed by atoms with Crippen LogP contribution in [0.4, 0.5) is 5.69 Å². The molecule has 0 N–H and O–H groups in total. The second kappa shape index (κ2) is 11.0. The lowest BCUT2D eigenvalue weighted by Gasteiger charge is -2.31. The van der Waals surface area contributed by atoms with Gasteiger partial charge in [0.2, 0.25) is 0 Å². The lowest BCUT2D eigenvalue weighted by molar-refractivity contribution is 0.0607. The molecule has 1 saturated heterocycles. The molecule has 0 bridgehead atoms. The predicted molar refractivity (Wildman–Crippen MR) is 131 cm³/mol. The standard InChI is InChI=1S/C24H31N7O3S/c1-28-17-24(27-19-28)35(32,33)31(15-21-7-11-34-12-8-21)10-9-30(16-23-14-26-18-29(23)2)22-5-3-20(13-25)4-6-22/h3-6,14,17-19,21H,7-12,15-16H2,1-2H3. The molecule has 1 fully saturated rings. The van der Waals surface area contributed by atoms with Crippen molar-refractivity contribution in [3.05, 3.63) is 60.6 Å². The number of hydrogen-bond donors (Lipinski definition) is 0. The fraction of sp³-hybridized carbons (Fsp3) is 0.458. The van der Waals surface area contributed by atoms with Crippen molar-refractivity contribution in [2.24, 2.45) is 20.0 Å². The Morgan fingerprint density at radius 3 is 2.49 bits per heavy atom. The molecule has 35 heavy (non-hydrogen) atoms. The maximum atomic E-state index is 13.6.